The number of fused-ring (bicyclic) bond motifs is 1. The SMILES string of the molecule is COc1ccc(CCNC(=O)CCCc2nc3ccccc3c(=O)[nH]2)cc1OC(F)F. The van der Waals surface area contributed by atoms with Crippen LogP contribution >= 0.6 is 0 Å². The Kier molecular flexibility index (Phi) is 7.53. The van der Waals surface area contributed by atoms with Crippen molar-refractivity contribution in [2.24, 2.45) is 0 Å². The van der Waals surface area contributed by atoms with Gasteiger partial charge in [0.2, 0.25) is 5.91 Å². The van der Waals surface area contributed by atoms with Gasteiger partial charge in [-0.25, -0.2) is 4.98 Å². The van der Waals surface area contributed by atoms with E-state index in [0.717, 1.165) is 5.56 Å². The number of aromatic nitrogens is 2. The summed E-state index contributed by atoms with van der Waals surface area (Å²) >= 11 is 0. The molecule has 0 saturated carbocycles. The first kappa shape index (κ1) is 22.2. The number of nitrogens with one attached hydrogen (secondary N) is 2. The van der Waals surface area contributed by atoms with Gasteiger partial charge in [0.15, 0.2) is 11.5 Å². The molecule has 1 aromatic heterocycles. The zero-order valence-electron chi connectivity index (χ0n) is 17.0. The molecule has 164 valence electrons. The summed E-state index contributed by atoms with van der Waals surface area (Å²) in [5.74, 6) is 0.577. The van der Waals surface area contributed by atoms with Crippen molar-refractivity contribution in [3.63, 3.8) is 0 Å². The molecule has 3 aromatic rings. The Morgan fingerprint density at radius 1 is 1.16 bits per heavy atom. The lowest BCUT2D eigenvalue weighted by molar-refractivity contribution is -0.121. The van der Waals surface area contributed by atoms with E-state index in [-0.39, 0.29) is 29.4 Å². The molecule has 0 fully saturated rings. The van der Waals surface area contributed by atoms with Gasteiger partial charge in [-0.1, -0.05) is 18.2 Å². The molecule has 3 rings (SSSR count). The van der Waals surface area contributed by atoms with Crippen LogP contribution in [-0.4, -0.2) is 36.1 Å². The molecule has 0 aliphatic rings. The molecule has 9 heteroatoms. The smallest absolute Gasteiger partial charge is 0.387 e. The highest BCUT2D eigenvalue weighted by atomic mass is 19.3. The number of rotatable bonds is 10. The number of amides is 1. The summed E-state index contributed by atoms with van der Waals surface area (Å²) in [5, 5.41) is 3.33. The summed E-state index contributed by atoms with van der Waals surface area (Å²) in [6.07, 6.45) is 1.73. The summed E-state index contributed by atoms with van der Waals surface area (Å²) in [7, 11) is 1.37. The van der Waals surface area contributed by atoms with E-state index in [4.69, 9.17) is 4.74 Å². The van der Waals surface area contributed by atoms with Crippen molar-refractivity contribution in [3.05, 3.63) is 64.2 Å². The molecule has 0 aliphatic carbocycles. The summed E-state index contributed by atoms with van der Waals surface area (Å²) in [4.78, 5) is 31.3. The average molecular weight is 431 g/mol. The number of carbonyl (C=O) groups excluding carboxylic acids is 1. The standard InChI is InChI=1S/C22H23F2N3O4/c1-30-17-10-9-14(13-18(17)31-22(23)24)11-12-25-20(28)8-4-7-19-26-16-6-3-2-5-15(16)21(29)27-19/h2-3,5-6,9-10,13,22H,4,7-8,11-12H2,1H3,(H,25,28)(H,26,27,29). The van der Waals surface area contributed by atoms with E-state index in [0.29, 0.717) is 42.5 Å². The van der Waals surface area contributed by atoms with Crippen LogP contribution in [-0.2, 0) is 17.6 Å². The molecule has 7 nitrogen and oxygen atoms in total. The lowest BCUT2D eigenvalue weighted by atomic mass is 10.1. The molecule has 0 spiro atoms. The molecule has 0 unspecified atom stereocenters. The third kappa shape index (κ3) is 6.24. The molecule has 2 aromatic carbocycles. The third-order valence-electron chi connectivity index (χ3n) is 4.66. The fraction of sp³-hybridized carbons (Fsp3) is 0.318. The number of para-hydroxylation sites is 1. The second-order valence-electron chi connectivity index (χ2n) is 6.85. The summed E-state index contributed by atoms with van der Waals surface area (Å²) < 4.78 is 34.5. The second kappa shape index (κ2) is 10.5. The van der Waals surface area contributed by atoms with Gasteiger partial charge in [-0.05, 0) is 42.7 Å². The topological polar surface area (TPSA) is 93.3 Å². The lowest BCUT2D eigenvalue weighted by Crippen LogP contribution is -2.25. The number of ether oxygens (including phenoxy) is 2. The Hall–Kier alpha value is -3.49. The van der Waals surface area contributed by atoms with Crippen LogP contribution in [0.25, 0.3) is 10.9 Å². The number of carbonyl (C=O) groups is 1. The van der Waals surface area contributed by atoms with E-state index in [1.54, 1.807) is 30.3 Å². The number of alkyl halides is 2. The number of aromatic amines is 1. The van der Waals surface area contributed by atoms with Crippen molar-refractivity contribution < 1.29 is 23.0 Å². The fourth-order valence-corrected chi connectivity index (χ4v) is 3.17. The van der Waals surface area contributed by atoms with E-state index in [1.165, 1.54) is 13.2 Å². The van der Waals surface area contributed by atoms with E-state index < -0.39 is 6.61 Å². The van der Waals surface area contributed by atoms with Crippen LogP contribution in [0.3, 0.4) is 0 Å². The number of hydrogen-bond acceptors (Lipinski definition) is 5. The van der Waals surface area contributed by atoms with Crippen LogP contribution in [0.1, 0.15) is 24.2 Å². The predicted octanol–water partition coefficient (Wildman–Crippen LogP) is 3.21. The predicted molar refractivity (Wildman–Crippen MR) is 112 cm³/mol. The van der Waals surface area contributed by atoms with Crippen LogP contribution < -0.4 is 20.3 Å². The Labute approximate surface area is 177 Å². The quantitative estimate of drug-likeness (QED) is 0.514. The monoisotopic (exact) mass is 431 g/mol. The fourth-order valence-electron chi connectivity index (χ4n) is 3.17. The molecule has 1 amide bonds. The van der Waals surface area contributed by atoms with Crippen molar-refractivity contribution in [2.75, 3.05) is 13.7 Å². The number of halogens is 2. The Bertz CT molecular complexity index is 1100. The normalized spacial score (nSPS) is 11.0. The second-order valence-corrected chi connectivity index (χ2v) is 6.85. The highest BCUT2D eigenvalue weighted by Gasteiger charge is 2.11. The molecule has 0 atom stereocenters. The number of methoxy groups -OCH3 is 1. The molecule has 0 radical (unpaired) electrons. The molecular formula is C22H23F2N3O4. The van der Waals surface area contributed by atoms with Gasteiger partial charge >= 0.3 is 6.61 Å². The number of hydrogen-bond donors (Lipinski definition) is 2. The Balaban J connectivity index is 1.45. The molecular weight excluding hydrogens is 408 g/mol. The minimum Gasteiger partial charge on any atom is -0.493 e. The molecule has 0 saturated heterocycles. The van der Waals surface area contributed by atoms with Gasteiger partial charge < -0.3 is 19.8 Å². The minimum absolute atomic E-state index is 0.0433. The average Bonchev–Trinajstić information content (AvgIpc) is 2.74. The maximum atomic E-state index is 12.5. The summed E-state index contributed by atoms with van der Waals surface area (Å²) in [5.41, 5.74) is 1.16. The minimum atomic E-state index is -2.95. The van der Waals surface area contributed by atoms with Crippen LogP contribution in [0.4, 0.5) is 8.78 Å². The molecule has 1 heterocycles. The maximum Gasteiger partial charge on any atom is 0.387 e. The molecule has 2 N–H and O–H groups in total. The van der Waals surface area contributed by atoms with E-state index in [1.807, 2.05) is 6.07 Å². The molecule has 31 heavy (non-hydrogen) atoms. The van der Waals surface area contributed by atoms with Crippen LogP contribution in [0.2, 0.25) is 0 Å². The first-order valence-electron chi connectivity index (χ1n) is 9.82. The highest BCUT2D eigenvalue weighted by Crippen LogP contribution is 2.29. The van der Waals surface area contributed by atoms with Crippen molar-refractivity contribution in [2.45, 2.75) is 32.3 Å². The van der Waals surface area contributed by atoms with Gasteiger partial charge in [0.25, 0.3) is 5.56 Å². The number of nitrogens with zero attached hydrogens (tertiary/aromatic N) is 1. The van der Waals surface area contributed by atoms with Gasteiger partial charge in [0.05, 0.1) is 18.0 Å². The van der Waals surface area contributed by atoms with Gasteiger partial charge in [-0.15, -0.1) is 0 Å². The molecule has 0 bridgehead atoms. The van der Waals surface area contributed by atoms with Crippen LogP contribution in [0.5, 0.6) is 11.5 Å². The highest BCUT2D eigenvalue weighted by molar-refractivity contribution is 5.77. The number of H-pyrrole nitrogens is 1. The first-order chi connectivity index (χ1) is 15.0. The van der Waals surface area contributed by atoms with Crippen LogP contribution in [0.15, 0.2) is 47.3 Å². The van der Waals surface area contributed by atoms with Crippen molar-refractivity contribution in [1.82, 2.24) is 15.3 Å². The first-order valence-corrected chi connectivity index (χ1v) is 9.82. The van der Waals surface area contributed by atoms with Gasteiger partial charge in [0.1, 0.15) is 5.82 Å². The zero-order valence-corrected chi connectivity index (χ0v) is 17.0. The van der Waals surface area contributed by atoms with E-state index >= 15 is 0 Å². The summed E-state index contributed by atoms with van der Waals surface area (Å²) in [6.45, 7) is -2.60. The zero-order chi connectivity index (χ0) is 22.2. The molecule has 0 aliphatic heterocycles. The lowest BCUT2D eigenvalue weighted by Gasteiger charge is -2.12. The van der Waals surface area contributed by atoms with Crippen molar-refractivity contribution >= 4 is 16.8 Å². The number of aryl methyl sites for hydroxylation is 1. The Morgan fingerprint density at radius 2 is 1.97 bits per heavy atom. The largest absolute Gasteiger partial charge is 0.493 e. The van der Waals surface area contributed by atoms with Gasteiger partial charge in [-0.2, -0.15) is 8.78 Å². The Morgan fingerprint density at radius 3 is 2.74 bits per heavy atom. The van der Waals surface area contributed by atoms with Gasteiger partial charge in [-0.3, -0.25) is 9.59 Å². The third-order valence-corrected chi connectivity index (χ3v) is 4.66. The van der Waals surface area contributed by atoms with Crippen LogP contribution in [0, 0.1) is 0 Å². The van der Waals surface area contributed by atoms with Crippen molar-refractivity contribution in [3.8, 4) is 11.5 Å². The van der Waals surface area contributed by atoms with Crippen molar-refractivity contribution in [1.29, 1.82) is 0 Å². The van der Waals surface area contributed by atoms with E-state index in [2.05, 4.69) is 20.0 Å². The van der Waals surface area contributed by atoms with Gasteiger partial charge in [0, 0.05) is 19.4 Å². The number of benzene rings is 2. The van der Waals surface area contributed by atoms with E-state index in [9.17, 15) is 18.4 Å². The maximum absolute atomic E-state index is 12.5. The summed E-state index contributed by atoms with van der Waals surface area (Å²) in [6, 6.07) is 11.8.